The summed E-state index contributed by atoms with van der Waals surface area (Å²) in [4.78, 5) is 4.83. The zero-order valence-corrected chi connectivity index (χ0v) is 14.9. The SMILES string of the molecule is CC(C)Cc1cc(CN2CCC3(CC2)CC(O)CN(C)C3)[nH]n1. The highest BCUT2D eigenvalue weighted by Gasteiger charge is 2.40. The van der Waals surface area contributed by atoms with Gasteiger partial charge in [-0.1, -0.05) is 13.8 Å². The van der Waals surface area contributed by atoms with Crippen LogP contribution in [-0.4, -0.2) is 64.4 Å². The second kappa shape index (κ2) is 6.91. The molecule has 3 heterocycles. The lowest BCUT2D eigenvalue weighted by Crippen LogP contribution is -2.52. The number of nitrogens with one attached hydrogen (secondary N) is 1. The zero-order valence-electron chi connectivity index (χ0n) is 14.9. The van der Waals surface area contributed by atoms with E-state index in [2.05, 4.69) is 47.0 Å². The number of hydrogen-bond acceptors (Lipinski definition) is 4. The Kier molecular flexibility index (Phi) is 5.09. The number of aliphatic hydroxyl groups excluding tert-OH is 1. The molecule has 2 aliphatic heterocycles. The third-order valence-corrected chi connectivity index (χ3v) is 5.41. The molecule has 130 valence electrons. The molecule has 0 bridgehead atoms. The van der Waals surface area contributed by atoms with Gasteiger partial charge >= 0.3 is 0 Å². The zero-order chi connectivity index (χ0) is 16.4. The number of rotatable bonds is 4. The summed E-state index contributed by atoms with van der Waals surface area (Å²) in [5.74, 6) is 0.649. The summed E-state index contributed by atoms with van der Waals surface area (Å²) in [6, 6.07) is 2.22. The van der Waals surface area contributed by atoms with E-state index in [1.807, 2.05) is 0 Å². The maximum absolute atomic E-state index is 10.1. The minimum atomic E-state index is -0.147. The molecule has 3 rings (SSSR count). The molecule has 5 nitrogen and oxygen atoms in total. The summed E-state index contributed by atoms with van der Waals surface area (Å²) in [5.41, 5.74) is 2.75. The standard InChI is InChI=1S/C18H32N4O/c1-14(2)8-15-9-16(20-19-15)11-22-6-4-18(5-7-22)10-17(23)12-21(3)13-18/h9,14,17,23H,4-8,10-13H2,1-3H3,(H,19,20). The van der Waals surface area contributed by atoms with Crippen molar-refractivity contribution >= 4 is 0 Å². The Balaban J connectivity index is 1.52. The van der Waals surface area contributed by atoms with Crippen LogP contribution in [0.3, 0.4) is 0 Å². The smallest absolute Gasteiger partial charge is 0.0672 e. The molecule has 2 fully saturated rings. The molecule has 1 spiro atoms. The second-order valence-electron chi connectivity index (χ2n) is 8.31. The molecule has 1 aromatic rings. The van der Waals surface area contributed by atoms with E-state index in [0.717, 1.165) is 45.6 Å². The van der Waals surface area contributed by atoms with Crippen LogP contribution in [0.15, 0.2) is 6.07 Å². The van der Waals surface area contributed by atoms with Crippen LogP contribution >= 0.6 is 0 Å². The van der Waals surface area contributed by atoms with Gasteiger partial charge in [0.25, 0.3) is 0 Å². The van der Waals surface area contributed by atoms with E-state index in [4.69, 9.17) is 0 Å². The molecule has 5 heteroatoms. The summed E-state index contributed by atoms with van der Waals surface area (Å²) in [6.07, 6.45) is 4.27. The molecular formula is C18H32N4O. The highest BCUT2D eigenvalue weighted by molar-refractivity contribution is 5.09. The Morgan fingerprint density at radius 3 is 2.78 bits per heavy atom. The topological polar surface area (TPSA) is 55.4 Å². The van der Waals surface area contributed by atoms with E-state index >= 15 is 0 Å². The molecule has 1 atom stereocenters. The average Bonchev–Trinajstić information content (AvgIpc) is 2.87. The number of hydrogen-bond donors (Lipinski definition) is 2. The Morgan fingerprint density at radius 2 is 2.13 bits per heavy atom. The van der Waals surface area contributed by atoms with Gasteiger partial charge in [0.2, 0.25) is 0 Å². The molecule has 0 aliphatic carbocycles. The van der Waals surface area contributed by atoms with E-state index in [1.165, 1.54) is 24.2 Å². The third-order valence-electron chi connectivity index (χ3n) is 5.41. The van der Waals surface area contributed by atoms with E-state index in [1.54, 1.807) is 0 Å². The van der Waals surface area contributed by atoms with Crippen LogP contribution in [0.25, 0.3) is 0 Å². The normalized spacial score (nSPS) is 26.2. The van der Waals surface area contributed by atoms with Crippen molar-refractivity contribution in [2.45, 2.75) is 52.2 Å². The summed E-state index contributed by atoms with van der Waals surface area (Å²) >= 11 is 0. The number of piperidine rings is 2. The molecule has 0 radical (unpaired) electrons. The molecule has 0 saturated carbocycles. The first-order valence-corrected chi connectivity index (χ1v) is 9.06. The van der Waals surface area contributed by atoms with E-state index in [0.29, 0.717) is 11.3 Å². The number of β-amino-alcohol motifs (C(OH)–C–C–N with tert-alkyl or cyclic N) is 1. The van der Waals surface area contributed by atoms with Gasteiger partial charge in [-0.2, -0.15) is 5.10 Å². The van der Waals surface area contributed by atoms with Crippen molar-refractivity contribution in [2.24, 2.45) is 11.3 Å². The fourth-order valence-corrected chi connectivity index (χ4v) is 4.43. The highest BCUT2D eigenvalue weighted by atomic mass is 16.3. The molecule has 2 N–H and O–H groups in total. The van der Waals surface area contributed by atoms with Gasteiger partial charge in [-0.05, 0) is 63.2 Å². The van der Waals surface area contributed by atoms with Gasteiger partial charge in [0.05, 0.1) is 11.8 Å². The maximum Gasteiger partial charge on any atom is 0.0672 e. The number of aliphatic hydroxyl groups is 1. The summed E-state index contributed by atoms with van der Waals surface area (Å²) in [7, 11) is 2.14. The Labute approximate surface area is 140 Å². The first-order valence-electron chi connectivity index (χ1n) is 9.06. The average molecular weight is 320 g/mol. The van der Waals surface area contributed by atoms with Crippen LogP contribution in [0.1, 0.15) is 44.5 Å². The number of nitrogens with zero attached hydrogens (tertiary/aromatic N) is 3. The molecule has 1 unspecified atom stereocenters. The van der Waals surface area contributed by atoms with Crippen molar-refractivity contribution in [3.05, 3.63) is 17.5 Å². The molecule has 2 aliphatic rings. The highest BCUT2D eigenvalue weighted by Crippen LogP contribution is 2.39. The van der Waals surface area contributed by atoms with Crippen molar-refractivity contribution < 1.29 is 5.11 Å². The van der Waals surface area contributed by atoms with Crippen molar-refractivity contribution in [2.75, 3.05) is 33.2 Å². The Morgan fingerprint density at radius 1 is 1.39 bits per heavy atom. The first-order chi connectivity index (χ1) is 10.9. The fourth-order valence-electron chi connectivity index (χ4n) is 4.43. The maximum atomic E-state index is 10.1. The first kappa shape index (κ1) is 16.9. The molecule has 0 aromatic carbocycles. The molecular weight excluding hydrogens is 288 g/mol. The van der Waals surface area contributed by atoms with Crippen molar-refractivity contribution in [3.8, 4) is 0 Å². The van der Waals surface area contributed by atoms with Gasteiger partial charge in [0.1, 0.15) is 0 Å². The largest absolute Gasteiger partial charge is 0.392 e. The van der Waals surface area contributed by atoms with Gasteiger partial charge in [0.15, 0.2) is 0 Å². The van der Waals surface area contributed by atoms with Crippen molar-refractivity contribution in [3.63, 3.8) is 0 Å². The molecule has 23 heavy (non-hydrogen) atoms. The number of aromatic amines is 1. The van der Waals surface area contributed by atoms with Crippen LogP contribution in [-0.2, 0) is 13.0 Å². The summed E-state index contributed by atoms with van der Waals surface area (Å²) in [6.45, 7) is 9.65. The minimum absolute atomic E-state index is 0.147. The molecule has 1 aromatic heterocycles. The van der Waals surface area contributed by atoms with Gasteiger partial charge in [-0.15, -0.1) is 0 Å². The molecule has 2 saturated heterocycles. The van der Waals surface area contributed by atoms with Crippen LogP contribution in [0, 0.1) is 11.3 Å². The van der Waals surface area contributed by atoms with Gasteiger partial charge in [0, 0.05) is 25.3 Å². The lowest BCUT2D eigenvalue weighted by Gasteiger charge is -2.48. The lowest BCUT2D eigenvalue weighted by molar-refractivity contribution is -0.0332. The van der Waals surface area contributed by atoms with E-state index in [9.17, 15) is 5.11 Å². The molecule has 0 amide bonds. The van der Waals surface area contributed by atoms with Gasteiger partial charge < -0.3 is 10.0 Å². The van der Waals surface area contributed by atoms with Crippen LogP contribution in [0.5, 0.6) is 0 Å². The second-order valence-corrected chi connectivity index (χ2v) is 8.31. The summed E-state index contributed by atoms with van der Waals surface area (Å²) in [5, 5.41) is 17.7. The van der Waals surface area contributed by atoms with Crippen molar-refractivity contribution in [1.82, 2.24) is 20.0 Å². The van der Waals surface area contributed by atoms with Crippen LogP contribution < -0.4 is 0 Å². The number of likely N-dealkylation sites (N-methyl/N-ethyl adjacent to an activating group) is 1. The van der Waals surface area contributed by atoms with E-state index in [-0.39, 0.29) is 6.10 Å². The Bertz CT molecular complexity index is 493. The minimum Gasteiger partial charge on any atom is -0.392 e. The predicted octanol–water partition coefficient (Wildman–Crippen LogP) is 1.89. The van der Waals surface area contributed by atoms with Crippen LogP contribution in [0.2, 0.25) is 0 Å². The summed E-state index contributed by atoms with van der Waals surface area (Å²) < 4.78 is 0. The van der Waals surface area contributed by atoms with Gasteiger partial charge in [-0.25, -0.2) is 0 Å². The number of likely N-dealkylation sites (tertiary alicyclic amines) is 2. The lowest BCUT2D eigenvalue weighted by atomic mass is 9.72. The third kappa shape index (κ3) is 4.34. The monoisotopic (exact) mass is 320 g/mol. The van der Waals surface area contributed by atoms with Gasteiger partial charge in [-0.3, -0.25) is 10.00 Å². The van der Waals surface area contributed by atoms with Crippen LogP contribution in [0.4, 0.5) is 0 Å². The quantitative estimate of drug-likeness (QED) is 0.889. The Hall–Kier alpha value is -0.910. The van der Waals surface area contributed by atoms with E-state index < -0.39 is 0 Å². The number of aromatic nitrogens is 2. The fraction of sp³-hybridized carbons (Fsp3) is 0.833. The van der Waals surface area contributed by atoms with Crippen molar-refractivity contribution in [1.29, 1.82) is 0 Å². The predicted molar refractivity (Wildman–Crippen MR) is 92.2 cm³/mol. The number of H-pyrrole nitrogens is 1.